The van der Waals surface area contributed by atoms with Crippen LogP contribution in [0.15, 0.2) is 93.5 Å². The monoisotopic (exact) mass is 331 g/mol. The molecule has 2 nitrogen and oxygen atoms in total. The first kappa shape index (κ1) is 16.2. The van der Waals surface area contributed by atoms with E-state index in [0.717, 1.165) is 0 Å². The maximum absolute atomic E-state index is 8.57. The zero-order valence-electron chi connectivity index (χ0n) is 13.2. The first-order chi connectivity index (χ1) is 11.9. The van der Waals surface area contributed by atoms with Crippen molar-refractivity contribution in [2.24, 2.45) is 0 Å². The predicted molar refractivity (Wildman–Crippen MR) is 96.1 cm³/mol. The second-order valence-electron chi connectivity index (χ2n) is 5.08. The van der Waals surface area contributed by atoms with E-state index in [1.54, 1.807) is 0 Å². The van der Waals surface area contributed by atoms with Crippen molar-refractivity contribution in [3.05, 3.63) is 84.9 Å². The third-order valence-electron chi connectivity index (χ3n) is 3.42. The van der Waals surface area contributed by atoms with Gasteiger partial charge in [-0.3, -0.25) is 0 Å². The normalized spacial score (nSPS) is 10.3. The van der Waals surface area contributed by atoms with Gasteiger partial charge in [0.05, 0.1) is 24.0 Å². The molecule has 0 fully saturated rings. The molecule has 0 N–H and O–H groups in total. The Morgan fingerprint density at radius 3 is 1.96 bits per heavy atom. The molecule has 0 bridgehead atoms. The Hall–Kier alpha value is -2.70. The molecule has 24 heavy (non-hydrogen) atoms. The summed E-state index contributed by atoms with van der Waals surface area (Å²) in [7, 11) is -0.169. The Morgan fingerprint density at radius 1 is 0.833 bits per heavy atom. The van der Waals surface area contributed by atoms with E-state index < -0.39 is 0 Å². The Bertz CT molecular complexity index is 755. The van der Waals surface area contributed by atoms with E-state index in [-0.39, 0.29) is 10.9 Å². The van der Waals surface area contributed by atoms with Crippen LogP contribution in [-0.2, 0) is 10.9 Å². The fourth-order valence-corrected chi connectivity index (χ4v) is 4.40. The minimum absolute atomic E-state index is 0.169. The molecule has 3 rings (SSSR count). The first-order valence-electron chi connectivity index (χ1n) is 7.74. The molecule has 3 heteroatoms. The number of rotatable bonds is 6. The van der Waals surface area contributed by atoms with E-state index in [1.165, 1.54) is 14.7 Å². The van der Waals surface area contributed by atoms with Gasteiger partial charge in [-0.15, -0.1) is 24.3 Å². The van der Waals surface area contributed by atoms with Crippen molar-refractivity contribution in [2.45, 2.75) is 21.1 Å². The predicted octanol–water partition coefficient (Wildman–Crippen LogP) is 4.87. The van der Waals surface area contributed by atoms with Gasteiger partial charge < -0.3 is 4.74 Å². The van der Waals surface area contributed by atoms with Crippen molar-refractivity contribution in [2.75, 3.05) is 6.61 Å². The van der Waals surface area contributed by atoms with Crippen molar-refractivity contribution in [3.8, 4) is 11.8 Å². The van der Waals surface area contributed by atoms with E-state index in [4.69, 9.17) is 10.00 Å². The maximum Gasteiger partial charge on any atom is 0.154 e. The number of ether oxygens (including phenoxy) is 1. The smallest absolute Gasteiger partial charge is 0.154 e. The molecule has 3 aromatic rings. The van der Waals surface area contributed by atoms with Gasteiger partial charge in [-0.1, -0.05) is 36.4 Å². The van der Waals surface area contributed by atoms with Gasteiger partial charge in [0.25, 0.3) is 0 Å². The van der Waals surface area contributed by atoms with Crippen LogP contribution in [0.25, 0.3) is 0 Å². The highest BCUT2D eigenvalue weighted by Crippen LogP contribution is 2.31. The summed E-state index contributed by atoms with van der Waals surface area (Å²) in [4.78, 5) is 3.74. The summed E-state index contributed by atoms with van der Waals surface area (Å²) in [5.41, 5.74) is 0. The number of hydrogen-bond acceptors (Lipinski definition) is 2. The lowest BCUT2D eigenvalue weighted by molar-refractivity contribution is 0.325. The summed E-state index contributed by atoms with van der Waals surface area (Å²) in [6.07, 6.45) is 0.383. The van der Waals surface area contributed by atoms with Crippen LogP contribution < -0.4 is 4.74 Å². The molecule has 0 aliphatic rings. The van der Waals surface area contributed by atoms with E-state index in [0.29, 0.717) is 18.8 Å². The average Bonchev–Trinajstić information content (AvgIpc) is 2.65. The third-order valence-corrected chi connectivity index (χ3v) is 5.63. The van der Waals surface area contributed by atoms with Crippen molar-refractivity contribution >= 4 is 10.9 Å². The van der Waals surface area contributed by atoms with Gasteiger partial charge in [0.1, 0.15) is 0 Å². The molecular weight excluding hydrogens is 314 g/mol. The number of nitrogens with zero attached hydrogens (tertiary/aromatic N) is 1. The Labute approximate surface area is 145 Å². The summed E-state index contributed by atoms with van der Waals surface area (Å²) in [5, 5.41) is 8.57. The molecule has 0 aromatic heterocycles. The molecule has 0 atom stereocenters. The van der Waals surface area contributed by atoms with Crippen LogP contribution in [0.5, 0.6) is 5.75 Å². The molecule has 0 aliphatic carbocycles. The summed E-state index contributed by atoms with van der Waals surface area (Å²) in [6.45, 7) is 0.398. The van der Waals surface area contributed by atoms with E-state index >= 15 is 0 Å². The summed E-state index contributed by atoms with van der Waals surface area (Å²) < 4.78 is 5.52. The Kier molecular flexibility index (Phi) is 5.55. The van der Waals surface area contributed by atoms with E-state index in [9.17, 15) is 0 Å². The minimum Gasteiger partial charge on any atom is -0.518 e. The van der Waals surface area contributed by atoms with Crippen LogP contribution >= 0.6 is 0 Å². The largest absolute Gasteiger partial charge is 0.518 e. The van der Waals surface area contributed by atoms with Gasteiger partial charge in [0, 0.05) is 16.6 Å². The second-order valence-corrected chi connectivity index (χ2v) is 7.10. The molecule has 0 heterocycles. The van der Waals surface area contributed by atoms with E-state index in [2.05, 4.69) is 66.7 Å². The molecule has 0 aliphatic heterocycles. The van der Waals surface area contributed by atoms with Crippen molar-refractivity contribution in [3.63, 3.8) is 0 Å². The van der Waals surface area contributed by atoms with Gasteiger partial charge in [0.15, 0.2) is 9.79 Å². The van der Waals surface area contributed by atoms with Crippen LogP contribution in [0.1, 0.15) is 6.42 Å². The lowest BCUT2D eigenvalue weighted by Gasteiger charge is -2.14. The zero-order chi connectivity index (χ0) is 16.6. The van der Waals surface area contributed by atoms with Crippen molar-refractivity contribution in [1.82, 2.24) is 0 Å². The fraction of sp³-hybridized carbons (Fsp3) is 0.0952. The highest BCUT2D eigenvalue weighted by molar-refractivity contribution is 7.97. The summed E-state index contributed by atoms with van der Waals surface area (Å²) in [6, 6.07) is 32.3. The molecule has 0 amide bonds. The fourth-order valence-electron chi connectivity index (χ4n) is 2.34. The third kappa shape index (κ3) is 3.98. The van der Waals surface area contributed by atoms with Gasteiger partial charge in [-0.25, -0.2) is 0 Å². The standard InChI is InChI=1S/C21H17NOS/c22-16-7-17-23-18-12-14-21(15-13-18)24(19-8-3-1-4-9-19)20-10-5-2-6-11-20/h1-6,8-12,14-15H,7,17H2. The number of benzene rings is 3. The first-order valence-corrected chi connectivity index (χ1v) is 8.97. The molecule has 0 unspecified atom stereocenters. The van der Waals surface area contributed by atoms with Crippen LogP contribution in [-0.4, -0.2) is 6.61 Å². The zero-order valence-corrected chi connectivity index (χ0v) is 14.0. The minimum atomic E-state index is -0.169. The van der Waals surface area contributed by atoms with Gasteiger partial charge in [0.2, 0.25) is 0 Å². The van der Waals surface area contributed by atoms with Crippen LogP contribution in [0, 0.1) is 17.4 Å². The highest BCUT2D eigenvalue weighted by atomic mass is 32.2. The van der Waals surface area contributed by atoms with Gasteiger partial charge >= 0.3 is 0 Å². The second kappa shape index (κ2) is 8.24. The lowest BCUT2D eigenvalue weighted by Crippen LogP contribution is -2.05. The van der Waals surface area contributed by atoms with Gasteiger partial charge in [-0.05, 0) is 24.3 Å². The topological polar surface area (TPSA) is 33.0 Å². The average molecular weight is 331 g/mol. The maximum atomic E-state index is 8.57. The Morgan fingerprint density at radius 2 is 1.46 bits per heavy atom. The van der Waals surface area contributed by atoms with E-state index in [1.807, 2.05) is 24.3 Å². The number of nitriles is 1. The summed E-state index contributed by atoms with van der Waals surface area (Å²) in [5.74, 6) is 0.679. The molecule has 0 radical (unpaired) electrons. The van der Waals surface area contributed by atoms with Crippen LogP contribution in [0.2, 0.25) is 0 Å². The molecule has 3 aromatic carbocycles. The van der Waals surface area contributed by atoms with Crippen molar-refractivity contribution < 1.29 is 4.74 Å². The lowest BCUT2D eigenvalue weighted by atomic mass is 10.3. The quantitative estimate of drug-likeness (QED) is 0.366. The van der Waals surface area contributed by atoms with Crippen LogP contribution in [0.4, 0.5) is 0 Å². The Balaban J connectivity index is 1.90. The molecular formula is C21H17NOS. The van der Waals surface area contributed by atoms with Crippen LogP contribution in [0.3, 0.4) is 0 Å². The SMILES string of the molecule is N#CCCOc1[c-]cc([S+](c2ccccc2)c2ccccc2)cc1. The highest BCUT2D eigenvalue weighted by Gasteiger charge is 2.23. The molecule has 0 spiro atoms. The number of hydrogen-bond donors (Lipinski definition) is 0. The molecule has 118 valence electrons. The van der Waals surface area contributed by atoms with Gasteiger partial charge in [-0.2, -0.15) is 5.26 Å². The molecule has 0 saturated heterocycles. The molecule has 0 saturated carbocycles. The summed E-state index contributed by atoms with van der Waals surface area (Å²) >= 11 is 0. The van der Waals surface area contributed by atoms with Crippen molar-refractivity contribution in [1.29, 1.82) is 5.26 Å².